The first kappa shape index (κ1) is 8.30. The summed E-state index contributed by atoms with van der Waals surface area (Å²) >= 11 is 0. The van der Waals surface area contributed by atoms with Crippen molar-refractivity contribution in [2.45, 2.75) is 26.7 Å². The quantitative estimate of drug-likeness (QED) is 0.398. The van der Waals surface area contributed by atoms with Gasteiger partial charge < -0.3 is 0 Å². The Morgan fingerprint density at radius 1 is 1.67 bits per heavy atom. The lowest BCUT2D eigenvalue weighted by Gasteiger charge is -1.90. The molecule has 0 N–H and O–H groups in total. The third-order valence-corrected chi connectivity index (χ3v) is 1.14. The standard InChI is InChI=1S/C9H14/c1-4-6-7-8-9(3)5-2/h2,7-9H,4,6H2,1,3H3. The molecule has 9 heavy (non-hydrogen) atoms. The monoisotopic (exact) mass is 122 g/mol. The largest absolute Gasteiger partial charge is 0.119 e. The molecule has 0 aliphatic rings. The van der Waals surface area contributed by atoms with Gasteiger partial charge in [-0.25, -0.2) is 0 Å². The summed E-state index contributed by atoms with van der Waals surface area (Å²) in [4.78, 5) is 0. The van der Waals surface area contributed by atoms with E-state index in [1.54, 1.807) is 0 Å². The number of hydrogen-bond donors (Lipinski definition) is 0. The second-order valence-corrected chi connectivity index (χ2v) is 2.17. The Morgan fingerprint density at radius 3 is 2.78 bits per heavy atom. The maximum atomic E-state index is 5.15. The highest BCUT2D eigenvalue weighted by Gasteiger charge is 1.84. The summed E-state index contributed by atoms with van der Waals surface area (Å²) in [7, 11) is 0. The van der Waals surface area contributed by atoms with E-state index in [-0.39, 0.29) is 0 Å². The van der Waals surface area contributed by atoms with Crippen molar-refractivity contribution in [3.05, 3.63) is 12.2 Å². The Balaban J connectivity index is 3.35. The maximum Gasteiger partial charge on any atom is 0.0351 e. The molecule has 0 aromatic heterocycles. The lowest BCUT2D eigenvalue weighted by molar-refractivity contribution is 0.921. The zero-order valence-corrected chi connectivity index (χ0v) is 6.22. The lowest BCUT2D eigenvalue weighted by Crippen LogP contribution is -1.80. The molecule has 0 heterocycles. The smallest absolute Gasteiger partial charge is 0.0351 e. The highest BCUT2D eigenvalue weighted by atomic mass is 13.9. The molecule has 0 rings (SSSR count). The number of hydrogen-bond acceptors (Lipinski definition) is 0. The van der Waals surface area contributed by atoms with Gasteiger partial charge >= 0.3 is 0 Å². The van der Waals surface area contributed by atoms with Crippen molar-refractivity contribution >= 4 is 0 Å². The van der Waals surface area contributed by atoms with E-state index >= 15 is 0 Å². The number of unbranched alkanes of at least 4 members (excludes halogenated alkanes) is 1. The molecule has 1 unspecified atom stereocenters. The molecule has 0 bridgehead atoms. The van der Waals surface area contributed by atoms with Gasteiger partial charge in [-0.3, -0.25) is 0 Å². The van der Waals surface area contributed by atoms with Crippen LogP contribution in [0.2, 0.25) is 0 Å². The van der Waals surface area contributed by atoms with Crippen LogP contribution in [0.4, 0.5) is 0 Å². The predicted octanol–water partition coefficient (Wildman–Crippen LogP) is 2.61. The first-order valence-electron chi connectivity index (χ1n) is 3.44. The Morgan fingerprint density at radius 2 is 2.33 bits per heavy atom. The van der Waals surface area contributed by atoms with Gasteiger partial charge in [-0.15, -0.1) is 6.42 Å². The van der Waals surface area contributed by atoms with E-state index in [4.69, 9.17) is 6.42 Å². The fourth-order valence-electron chi connectivity index (χ4n) is 0.523. The summed E-state index contributed by atoms with van der Waals surface area (Å²) in [5.41, 5.74) is 0. The van der Waals surface area contributed by atoms with E-state index < -0.39 is 0 Å². The summed E-state index contributed by atoms with van der Waals surface area (Å²) in [5, 5.41) is 0. The van der Waals surface area contributed by atoms with Gasteiger partial charge in [0.15, 0.2) is 0 Å². The molecule has 0 saturated carbocycles. The molecule has 0 fully saturated rings. The first-order valence-corrected chi connectivity index (χ1v) is 3.44. The second-order valence-electron chi connectivity index (χ2n) is 2.17. The van der Waals surface area contributed by atoms with Crippen LogP contribution in [0.25, 0.3) is 0 Å². The van der Waals surface area contributed by atoms with Gasteiger partial charge in [0.05, 0.1) is 0 Å². The molecule has 0 aliphatic heterocycles. The van der Waals surface area contributed by atoms with Crippen LogP contribution in [0, 0.1) is 18.3 Å². The topological polar surface area (TPSA) is 0 Å². The van der Waals surface area contributed by atoms with Gasteiger partial charge in [0.2, 0.25) is 0 Å². The molecule has 0 heteroatoms. The highest BCUT2D eigenvalue weighted by Crippen LogP contribution is 1.96. The van der Waals surface area contributed by atoms with Crippen LogP contribution in [0.3, 0.4) is 0 Å². The number of terminal acetylenes is 1. The minimum Gasteiger partial charge on any atom is -0.119 e. The number of allylic oxidation sites excluding steroid dienone is 2. The summed E-state index contributed by atoms with van der Waals surface area (Å²) in [6.07, 6.45) is 11.7. The van der Waals surface area contributed by atoms with Gasteiger partial charge in [0, 0.05) is 5.92 Å². The fourth-order valence-corrected chi connectivity index (χ4v) is 0.523. The fraction of sp³-hybridized carbons (Fsp3) is 0.556. The van der Waals surface area contributed by atoms with E-state index in [0.29, 0.717) is 5.92 Å². The van der Waals surface area contributed by atoms with Gasteiger partial charge in [-0.1, -0.05) is 31.4 Å². The molecule has 50 valence electrons. The molecule has 1 atom stereocenters. The molecule has 0 spiro atoms. The molecular weight excluding hydrogens is 108 g/mol. The zero-order chi connectivity index (χ0) is 7.11. The average Bonchev–Trinajstić information content (AvgIpc) is 1.89. The summed E-state index contributed by atoms with van der Waals surface area (Å²) in [6, 6.07) is 0. The van der Waals surface area contributed by atoms with Crippen molar-refractivity contribution in [2.24, 2.45) is 5.92 Å². The Bertz CT molecular complexity index is 114. The molecule has 0 saturated heterocycles. The molecule has 0 nitrogen and oxygen atoms in total. The van der Waals surface area contributed by atoms with E-state index in [9.17, 15) is 0 Å². The highest BCUT2D eigenvalue weighted by molar-refractivity contribution is 5.02. The molecule has 0 aromatic rings. The van der Waals surface area contributed by atoms with Crippen molar-refractivity contribution in [1.82, 2.24) is 0 Å². The first-order chi connectivity index (χ1) is 4.31. The predicted molar refractivity (Wildman–Crippen MR) is 42.0 cm³/mol. The molecule has 0 aliphatic carbocycles. The van der Waals surface area contributed by atoms with Crippen molar-refractivity contribution in [2.75, 3.05) is 0 Å². The average molecular weight is 122 g/mol. The second kappa shape index (κ2) is 5.44. The van der Waals surface area contributed by atoms with E-state index in [2.05, 4.69) is 25.0 Å². The van der Waals surface area contributed by atoms with Crippen molar-refractivity contribution in [3.8, 4) is 12.3 Å². The maximum absolute atomic E-state index is 5.15. The summed E-state index contributed by atoms with van der Waals surface area (Å²) in [6.45, 7) is 4.18. The third kappa shape index (κ3) is 5.17. The zero-order valence-electron chi connectivity index (χ0n) is 6.22. The minimum atomic E-state index is 0.302. The SMILES string of the molecule is C#CC(C)C=CCCC. The van der Waals surface area contributed by atoms with Gasteiger partial charge in [-0.05, 0) is 13.3 Å². The van der Waals surface area contributed by atoms with E-state index in [1.165, 1.54) is 6.42 Å². The normalized spacial score (nSPS) is 13.4. The van der Waals surface area contributed by atoms with Crippen LogP contribution in [-0.4, -0.2) is 0 Å². The van der Waals surface area contributed by atoms with Crippen LogP contribution in [0.5, 0.6) is 0 Å². The van der Waals surface area contributed by atoms with Crippen molar-refractivity contribution in [3.63, 3.8) is 0 Å². The lowest BCUT2D eigenvalue weighted by atomic mass is 10.1. The Kier molecular flexibility index (Phi) is 5.01. The van der Waals surface area contributed by atoms with Gasteiger partial charge in [0.25, 0.3) is 0 Å². The van der Waals surface area contributed by atoms with E-state index in [0.717, 1.165) is 6.42 Å². The van der Waals surface area contributed by atoms with Crippen LogP contribution in [0.1, 0.15) is 26.7 Å². The molecular formula is C9H14. The van der Waals surface area contributed by atoms with Gasteiger partial charge in [-0.2, -0.15) is 0 Å². The Labute approximate surface area is 58.0 Å². The Hall–Kier alpha value is -0.700. The van der Waals surface area contributed by atoms with Crippen LogP contribution in [-0.2, 0) is 0 Å². The number of rotatable bonds is 3. The van der Waals surface area contributed by atoms with Crippen LogP contribution >= 0.6 is 0 Å². The molecule has 0 aromatic carbocycles. The summed E-state index contributed by atoms with van der Waals surface area (Å²) in [5.74, 6) is 2.94. The van der Waals surface area contributed by atoms with Crippen LogP contribution in [0.15, 0.2) is 12.2 Å². The molecule has 0 radical (unpaired) electrons. The third-order valence-electron chi connectivity index (χ3n) is 1.14. The van der Waals surface area contributed by atoms with Crippen molar-refractivity contribution < 1.29 is 0 Å². The summed E-state index contributed by atoms with van der Waals surface area (Å²) < 4.78 is 0. The van der Waals surface area contributed by atoms with Crippen molar-refractivity contribution in [1.29, 1.82) is 0 Å². The van der Waals surface area contributed by atoms with E-state index in [1.807, 2.05) is 6.92 Å². The van der Waals surface area contributed by atoms with Crippen LogP contribution < -0.4 is 0 Å². The minimum absolute atomic E-state index is 0.302. The molecule has 0 amide bonds. The van der Waals surface area contributed by atoms with Gasteiger partial charge in [0.1, 0.15) is 0 Å².